The summed E-state index contributed by atoms with van der Waals surface area (Å²) in [5.41, 5.74) is 0. The van der Waals surface area contributed by atoms with Crippen molar-refractivity contribution >= 4 is 23.5 Å². The second-order valence-corrected chi connectivity index (χ2v) is 7.84. The molecular weight excluding hydrogens is 405 g/mol. The van der Waals surface area contributed by atoms with Crippen LogP contribution in [0.15, 0.2) is 0 Å². The van der Waals surface area contributed by atoms with E-state index in [4.69, 9.17) is 0 Å². The monoisotopic (exact) mass is 414 g/mol. The summed E-state index contributed by atoms with van der Waals surface area (Å²) in [5, 5.41) is 28.6. The normalized spacial score (nSPS) is 35.9. The van der Waals surface area contributed by atoms with E-state index in [1.165, 1.54) is 0 Å². The second-order valence-electron chi connectivity index (χ2n) is 4.52. The van der Waals surface area contributed by atoms with Gasteiger partial charge in [-0.1, -0.05) is 0 Å². The van der Waals surface area contributed by atoms with Gasteiger partial charge in [-0.3, -0.25) is 0 Å². The molecule has 0 radical (unpaired) electrons. The van der Waals surface area contributed by atoms with Gasteiger partial charge >= 0.3 is 0 Å². The maximum absolute atomic E-state index is 10.7. The average Bonchev–Trinajstić information content (AvgIpc) is 2.32. The maximum atomic E-state index is 10.7. The number of hydrogen-bond acceptors (Lipinski definition) is 15. The Balaban J connectivity index is 3.32. The topological polar surface area (TPSA) is 278 Å². The number of aliphatic hydroxyl groups excluding tert-OH is 3. The summed E-state index contributed by atoms with van der Waals surface area (Å²) in [6, 6.07) is 0. The molecule has 0 aromatic heterocycles. The van der Waals surface area contributed by atoms with Crippen molar-refractivity contribution in [3.8, 4) is 0 Å². The highest BCUT2D eigenvalue weighted by molar-refractivity contribution is 7.43. The Morgan fingerprint density at radius 2 is 0.792 bits per heavy atom. The number of phosphoric ester groups is 3. The largest absolute Gasteiger partial charge is 0.790 e. The molecule has 1 rings (SSSR count). The van der Waals surface area contributed by atoms with Gasteiger partial charge in [0.2, 0.25) is 0 Å². The van der Waals surface area contributed by atoms with Crippen molar-refractivity contribution in [2.75, 3.05) is 0 Å². The maximum Gasteiger partial charge on any atom is 0.121 e. The van der Waals surface area contributed by atoms with Crippen molar-refractivity contribution < 1.29 is 71.9 Å². The molecule has 0 aromatic carbocycles. The van der Waals surface area contributed by atoms with Crippen LogP contribution in [-0.2, 0) is 27.3 Å². The van der Waals surface area contributed by atoms with E-state index in [1.807, 2.05) is 0 Å². The molecule has 0 aromatic rings. The van der Waals surface area contributed by atoms with Crippen molar-refractivity contribution in [2.24, 2.45) is 0 Å². The van der Waals surface area contributed by atoms with E-state index in [-0.39, 0.29) is 0 Å². The van der Waals surface area contributed by atoms with Gasteiger partial charge in [-0.25, -0.2) is 0 Å². The summed E-state index contributed by atoms with van der Waals surface area (Å²) in [4.78, 5) is 63.9. The summed E-state index contributed by atoms with van der Waals surface area (Å²) >= 11 is 0. The van der Waals surface area contributed by atoms with Gasteiger partial charge in [-0.05, 0) is 0 Å². The van der Waals surface area contributed by atoms with Crippen LogP contribution in [0.25, 0.3) is 0 Å². The second kappa shape index (κ2) is 7.45. The predicted molar refractivity (Wildman–Crippen MR) is 55.5 cm³/mol. The summed E-state index contributed by atoms with van der Waals surface area (Å²) in [6.45, 7) is 0. The third-order valence-electron chi connectivity index (χ3n) is 2.77. The van der Waals surface area contributed by atoms with E-state index in [2.05, 4.69) is 13.6 Å². The minimum absolute atomic E-state index is 2.46. The Kier molecular flexibility index (Phi) is 6.90. The molecule has 15 nitrogen and oxygen atoms in total. The predicted octanol–water partition coefficient (Wildman–Crippen LogP) is -7.28. The average molecular weight is 414 g/mol. The lowest BCUT2D eigenvalue weighted by molar-refractivity contribution is -0.373. The van der Waals surface area contributed by atoms with Gasteiger partial charge in [0, 0.05) is 0 Å². The Morgan fingerprint density at radius 1 is 0.542 bits per heavy atom. The van der Waals surface area contributed by atoms with E-state index >= 15 is 0 Å². The van der Waals surface area contributed by atoms with Crippen molar-refractivity contribution in [3.63, 3.8) is 0 Å². The van der Waals surface area contributed by atoms with Crippen LogP contribution in [0.4, 0.5) is 0 Å². The highest BCUT2D eigenvalue weighted by Gasteiger charge is 2.52. The van der Waals surface area contributed by atoms with Crippen molar-refractivity contribution in [3.05, 3.63) is 0 Å². The van der Waals surface area contributed by atoms with Crippen LogP contribution in [-0.4, -0.2) is 51.9 Å². The van der Waals surface area contributed by atoms with Gasteiger partial charge in [0.15, 0.2) is 0 Å². The highest BCUT2D eigenvalue weighted by atomic mass is 31.2. The number of phosphoric acid groups is 3. The molecule has 6 atom stereocenters. The summed E-state index contributed by atoms with van der Waals surface area (Å²) in [6.07, 6.45) is -15.7. The number of rotatable bonds is 6. The SMILES string of the molecule is O=P([O-])([O-])OC1[C@@H](OP(=O)([O-])[O-])[C@H](O)C(O)[C@H](O)[C@H]1OP(=O)([O-])[O-]. The van der Waals surface area contributed by atoms with Gasteiger partial charge in [0.1, 0.15) is 36.6 Å². The van der Waals surface area contributed by atoms with Crippen LogP contribution in [0.1, 0.15) is 0 Å². The number of hydrogen-bond donors (Lipinski definition) is 3. The summed E-state index contributed by atoms with van der Waals surface area (Å²) in [5.74, 6) is 0. The van der Waals surface area contributed by atoms with Crippen LogP contribution in [0, 0.1) is 0 Å². The molecule has 24 heavy (non-hydrogen) atoms. The standard InChI is InChI=1S/C6H15O15P3/c7-1-2(8)4(19-22(10,11)12)6(21-24(16,17)18)5(3(1)9)20-23(13,14)15/h1-9H,(H2,10,11,12)(H2,13,14,15)(H2,16,17,18)/p-6/t1?,2-,3+,4+,5-,6?. The lowest BCUT2D eigenvalue weighted by Crippen LogP contribution is -2.66. The van der Waals surface area contributed by atoms with E-state index in [9.17, 15) is 58.4 Å². The highest BCUT2D eigenvalue weighted by Crippen LogP contribution is 2.44. The van der Waals surface area contributed by atoms with E-state index < -0.39 is 60.1 Å². The number of aliphatic hydroxyl groups is 3. The first kappa shape index (κ1) is 22.3. The summed E-state index contributed by atoms with van der Waals surface area (Å²) in [7, 11) is -18.1. The molecule has 3 N–H and O–H groups in total. The van der Waals surface area contributed by atoms with Crippen LogP contribution in [0.2, 0.25) is 0 Å². The fourth-order valence-electron chi connectivity index (χ4n) is 1.98. The zero-order valence-electron chi connectivity index (χ0n) is 11.0. The quantitative estimate of drug-likeness (QED) is 0.340. The molecule has 0 saturated heterocycles. The molecule has 1 fully saturated rings. The lowest BCUT2D eigenvalue weighted by atomic mass is 9.85. The van der Waals surface area contributed by atoms with Gasteiger partial charge in [-0.2, -0.15) is 0 Å². The molecule has 18 heteroatoms. The van der Waals surface area contributed by atoms with E-state index in [0.717, 1.165) is 0 Å². The van der Waals surface area contributed by atoms with Crippen LogP contribution >= 0.6 is 23.5 Å². The van der Waals surface area contributed by atoms with Crippen molar-refractivity contribution in [1.29, 1.82) is 0 Å². The van der Waals surface area contributed by atoms with E-state index in [1.54, 1.807) is 0 Å². The van der Waals surface area contributed by atoms with Gasteiger partial charge in [-0.15, -0.1) is 0 Å². The first-order chi connectivity index (χ1) is 10.5. The molecule has 0 heterocycles. The molecule has 1 aliphatic carbocycles. The minimum atomic E-state index is -6.06. The zero-order chi connectivity index (χ0) is 19.1. The molecule has 0 aliphatic heterocycles. The van der Waals surface area contributed by atoms with Crippen LogP contribution in [0.5, 0.6) is 0 Å². The first-order valence-corrected chi connectivity index (χ1v) is 10.1. The molecule has 1 aliphatic rings. The molecule has 144 valence electrons. The Hall–Kier alpha value is 0.210. The lowest BCUT2D eigenvalue weighted by Gasteiger charge is -2.51. The first-order valence-electron chi connectivity index (χ1n) is 5.67. The fourth-order valence-corrected chi connectivity index (χ4v) is 3.60. The fraction of sp³-hybridized carbons (Fsp3) is 1.00. The third-order valence-corrected chi connectivity index (χ3v) is 4.28. The van der Waals surface area contributed by atoms with Gasteiger partial charge in [0.25, 0.3) is 0 Å². The van der Waals surface area contributed by atoms with Gasteiger partial charge in [0.05, 0.1) is 23.5 Å². The molecule has 0 spiro atoms. The molecular formula is C6H9O15P3-6. The molecule has 1 saturated carbocycles. The van der Waals surface area contributed by atoms with Crippen LogP contribution < -0.4 is 29.4 Å². The zero-order valence-corrected chi connectivity index (χ0v) is 13.7. The molecule has 0 amide bonds. The third kappa shape index (κ3) is 6.50. The summed E-state index contributed by atoms with van der Waals surface area (Å²) < 4.78 is 43.2. The minimum Gasteiger partial charge on any atom is -0.790 e. The van der Waals surface area contributed by atoms with Crippen molar-refractivity contribution in [2.45, 2.75) is 36.6 Å². The Labute approximate surface area is 133 Å². The van der Waals surface area contributed by atoms with Crippen molar-refractivity contribution in [1.82, 2.24) is 0 Å². The molecule has 2 unspecified atom stereocenters. The molecule has 0 bridgehead atoms. The van der Waals surface area contributed by atoms with Crippen LogP contribution in [0.3, 0.4) is 0 Å². The van der Waals surface area contributed by atoms with Gasteiger partial charge < -0.3 is 71.9 Å². The Bertz CT molecular complexity index is 536. The van der Waals surface area contributed by atoms with E-state index in [0.29, 0.717) is 0 Å². The Morgan fingerprint density at radius 3 is 1.04 bits per heavy atom. The smallest absolute Gasteiger partial charge is 0.121 e.